The molecular formula is C106H104. The van der Waals surface area contributed by atoms with Crippen LogP contribution in [0.3, 0.4) is 0 Å². The summed E-state index contributed by atoms with van der Waals surface area (Å²) in [5.74, 6) is 0. The summed E-state index contributed by atoms with van der Waals surface area (Å²) >= 11 is 0. The van der Waals surface area contributed by atoms with Crippen LogP contribution in [-0.4, -0.2) is 0 Å². The van der Waals surface area contributed by atoms with Crippen LogP contribution in [0, 0.1) is 0 Å². The molecule has 18 aromatic carbocycles. The van der Waals surface area contributed by atoms with Crippen molar-refractivity contribution in [3.05, 3.63) is 239 Å². The average molecular weight is 1380 g/mol. The molecule has 0 spiro atoms. The van der Waals surface area contributed by atoms with Crippen molar-refractivity contribution in [1.82, 2.24) is 0 Å². The Morgan fingerprint density at radius 2 is 0.340 bits per heavy atom. The lowest BCUT2D eigenvalue weighted by molar-refractivity contribution is 0.568. The first kappa shape index (κ1) is 68.2. The van der Waals surface area contributed by atoms with E-state index in [0.717, 1.165) is 0 Å². The molecule has 0 aliphatic rings. The predicted octanol–water partition coefficient (Wildman–Crippen LogP) is 31.5. The topological polar surface area (TPSA) is 0 Å². The summed E-state index contributed by atoms with van der Waals surface area (Å²) in [6, 6.07) is 79.8. The first-order chi connectivity index (χ1) is 49.6. The highest BCUT2D eigenvalue weighted by Crippen LogP contribution is 2.63. The van der Waals surface area contributed by atoms with E-state index in [0.29, 0.717) is 0 Å². The van der Waals surface area contributed by atoms with Crippen LogP contribution in [0.2, 0.25) is 0 Å². The molecule has 0 amide bonds. The van der Waals surface area contributed by atoms with Crippen LogP contribution >= 0.6 is 0 Å². The Bertz CT molecular complexity index is 6290. The average Bonchev–Trinajstić information content (AvgIpc) is 1.47. The molecule has 0 N–H and O–H groups in total. The zero-order valence-corrected chi connectivity index (χ0v) is 67.5. The van der Waals surface area contributed by atoms with Gasteiger partial charge in [0.05, 0.1) is 0 Å². The molecule has 0 heterocycles. The molecule has 0 aromatic heterocycles. The molecule has 0 saturated carbocycles. The van der Waals surface area contributed by atoms with Gasteiger partial charge in [0.1, 0.15) is 0 Å². The van der Waals surface area contributed by atoms with Crippen molar-refractivity contribution in [3.63, 3.8) is 0 Å². The highest BCUT2D eigenvalue weighted by molar-refractivity contribution is 6.51. The molecule has 0 atom stereocenters. The second-order valence-corrected chi connectivity index (χ2v) is 40.5. The fraction of sp³-hybridized carbons (Fsp3) is 0.302. The van der Waals surface area contributed by atoms with E-state index in [9.17, 15) is 0 Å². The summed E-state index contributed by atoms with van der Waals surface area (Å²) in [5.41, 5.74) is 20.0. The third-order valence-corrected chi connectivity index (χ3v) is 24.9. The second kappa shape index (κ2) is 22.0. The lowest BCUT2D eigenvalue weighted by Crippen LogP contribution is -2.17. The fourth-order valence-electron chi connectivity index (χ4n) is 18.8. The summed E-state index contributed by atoms with van der Waals surface area (Å²) in [6.45, 7) is 57.7. The van der Waals surface area contributed by atoms with Gasteiger partial charge in [0.2, 0.25) is 0 Å². The van der Waals surface area contributed by atoms with Gasteiger partial charge in [0.15, 0.2) is 0 Å². The maximum Gasteiger partial charge on any atom is -0.0000925 e. The van der Waals surface area contributed by atoms with Crippen molar-refractivity contribution >= 4 is 140 Å². The number of hydrogen-bond acceptors (Lipinski definition) is 0. The minimum atomic E-state index is -0.178. The van der Waals surface area contributed by atoms with Crippen molar-refractivity contribution in [1.29, 1.82) is 0 Å². The number of rotatable bonds is 4. The van der Waals surface area contributed by atoms with Gasteiger partial charge < -0.3 is 0 Å². The van der Waals surface area contributed by atoms with Crippen molar-refractivity contribution in [2.45, 2.75) is 209 Å². The van der Waals surface area contributed by atoms with Gasteiger partial charge in [-0.1, -0.05) is 336 Å². The molecule has 528 valence electrons. The summed E-state index contributed by atoms with van der Waals surface area (Å²) in [7, 11) is 0. The highest BCUT2D eigenvalue weighted by Gasteiger charge is 2.37. The largest absolute Gasteiger partial charge is 0.0622 e. The molecule has 0 saturated heterocycles. The zero-order chi connectivity index (χ0) is 74.9. The third kappa shape index (κ3) is 10.0. The lowest BCUT2D eigenvalue weighted by atomic mass is 9.74. The molecule has 106 heavy (non-hydrogen) atoms. The monoisotopic (exact) mass is 1380 g/mol. The fourth-order valence-corrected chi connectivity index (χ4v) is 18.8. The van der Waals surface area contributed by atoms with Crippen LogP contribution in [-0.2, 0) is 43.3 Å². The van der Waals surface area contributed by atoms with Crippen LogP contribution in [0.4, 0.5) is 0 Å². The molecule has 0 fully saturated rings. The molecule has 0 unspecified atom stereocenters. The van der Waals surface area contributed by atoms with Gasteiger partial charge >= 0.3 is 0 Å². The summed E-state index contributed by atoms with van der Waals surface area (Å²) < 4.78 is 0. The smallest absolute Gasteiger partial charge is 0.0000925 e. The van der Waals surface area contributed by atoms with E-state index in [-0.39, 0.29) is 43.3 Å². The Morgan fingerprint density at radius 1 is 0.142 bits per heavy atom. The standard InChI is InChI=1S/C106H104/c1-99(2,3)63-47-61(48-64(51-63)100(4,5)6)87-95-77-41-37-73-81-55-69(105(19,20)21)45-60-46-70(106(22,23)24)56-82(84(60)81)74-38-42-78(92(77)90(73)74)96(95)88(62-49-65(101(7,8)9)52-66(50-62)102(10,11)12)98-86(58-33-29-26-30-34-58)94-76-40-36-72-80-54-68(104(16,17)18)44-59-43-67(103(13,14)15)53-79(83(59)80)71-35-39-75(91(76)89(71)72)93(94)85(97(87)98)57-31-27-25-28-32-57/h25-56H,1-24H3. The van der Waals surface area contributed by atoms with Gasteiger partial charge in [-0.05, 0) is 297 Å². The van der Waals surface area contributed by atoms with E-state index in [1.165, 1.54) is 229 Å². The van der Waals surface area contributed by atoms with Crippen LogP contribution < -0.4 is 0 Å². The van der Waals surface area contributed by atoms with E-state index in [2.05, 4.69) is 360 Å². The van der Waals surface area contributed by atoms with E-state index in [4.69, 9.17) is 0 Å². The quantitative estimate of drug-likeness (QED) is 0.122. The normalized spacial score (nSPS) is 13.8. The van der Waals surface area contributed by atoms with Crippen LogP contribution in [0.5, 0.6) is 0 Å². The van der Waals surface area contributed by atoms with Gasteiger partial charge in [0, 0.05) is 0 Å². The highest BCUT2D eigenvalue weighted by atomic mass is 14.4. The summed E-state index contributed by atoms with van der Waals surface area (Å²) in [5, 5.41) is 34.6. The Kier molecular flexibility index (Phi) is 14.2. The van der Waals surface area contributed by atoms with Crippen LogP contribution in [0.15, 0.2) is 194 Å². The number of hydrogen-bond donors (Lipinski definition) is 0. The van der Waals surface area contributed by atoms with Crippen molar-refractivity contribution in [2.75, 3.05) is 0 Å². The van der Waals surface area contributed by atoms with Crippen LogP contribution in [0.1, 0.15) is 211 Å². The van der Waals surface area contributed by atoms with Crippen molar-refractivity contribution in [3.8, 4) is 44.5 Å². The van der Waals surface area contributed by atoms with Gasteiger partial charge in [-0.2, -0.15) is 0 Å². The molecular weight excluding hydrogens is 1270 g/mol. The van der Waals surface area contributed by atoms with Gasteiger partial charge in [-0.25, -0.2) is 0 Å². The van der Waals surface area contributed by atoms with Gasteiger partial charge in [-0.3, -0.25) is 0 Å². The Hall–Kier alpha value is -9.62. The van der Waals surface area contributed by atoms with E-state index in [1.807, 2.05) is 0 Å². The molecule has 0 aliphatic heterocycles. The molecule has 0 radical (unpaired) electrons. The predicted molar refractivity (Wildman–Crippen MR) is 470 cm³/mol. The molecule has 0 nitrogen and oxygen atoms in total. The van der Waals surface area contributed by atoms with E-state index >= 15 is 0 Å². The number of fused-ring (bicyclic) bond motifs is 11. The lowest BCUT2D eigenvalue weighted by Gasteiger charge is -2.29. The first-order valence-corrected chi connectivity index (χ1v) is 39.3. The Morgan fingerprint density at radius 3 is 0.566 bits per heavy atom. The minimum Gasteiger partial charge on any atom is -0.0622 e. The SMILES string of the molecule is CC(C)(C)c1cc(-c2c3c(-c4ccccc4)c4c5ccc6c7cc(C(C)(C)C)cc8cc(C(C)(C)C)cc(c9ccc(c4c(-c4ccccc4)c3c(-c3cc(C(C)(C)C)cc(C(C)(C)C)c3)c3c4ccc%10c%11cc(C(C)(C)C)cc%12cc(C(C)(C)C)cc(c%13ccc(c23)c4c%13%10)c%12%11)c5c69)c87)cc(C(C)(C)C)c1. The second-order valence-electron chi connectivity index (χ2n) is 40.5. The Balaban J connectivity index is 1.19. The van der Waals surface area contributed by atoms with E-state index in [1.54, 1.807) is 0 Å². The molecule has 18 aromatic rings. The van der Waals surface area contributed by atoms with E-state index < -0.39 is 0 Å². The zero-order valence-electron chi connectivity index (χ0n) is 67.5. The van der Waals surface area contributed by atoms with Crippen LogP contribution in [0.25, 0.3) is 185 Å². The van der Waals surface area contributed by atoms with Gasteiger partial charge in [0.25, 0.3) is 0 Å². The first-order valence-electron chi connectivity index (χ1n) is 39.3. The Labute approximate surface area is 628 Å². The summed E-state index contributed by atoms with van der Waals surface area (Å²) in [6.07, 6.45) is 0. The third-order valence-electron chi connectivity index (χ3n) is 24.9. The van der Waals surface area contributed by atoms with Crippen molar-refractivity contribution in [2.24, 2.45) is 0 Å². The minimum absolute atomic E-state index is 0.0719. The van der Waals surface area contributed by atoms with Crippen molar-refractivity contribution < 1.29 is 0 Å². The molecule has 0 bridgehead atoms. The maximum atomic E-state index is 2.63. The number of benzene rings is 16. The van der Waals surface area contributed by atoms with Gasteiger partial charge in [-0.15, -0.1) is 0 Å². The maximum absolute atomic E-state index is 2.63. The molecule has 0 heteroatoms. The summed E-state index contributed by atoms with van der Waals surface area (Å²) in [4.78, 5) is 0. The molecule has 0 aliphatic carbocycles. The molecule has 18 rings (SSSR count).